The van der Waals surface area contributed by atoms with Crippen molar-refractivity contribution in [2.45, 2.75) is 207 Å². The van der Waals surface area contributed by atoms with Gasteiger partial charge in [0.15, 0.2) is 6.10 Å². The number of ether oxygens (including phenoxy) is 2. The van der Waals surface area contributed by atoms with E-state index in [0.717, 1.165) is 44.4 Å². The van der Waals surface area contributed by atoms with Crippen molar-refractivity contribution in [1.29, 1.82) is 0 Å². The van der Waals surface area contributed by atoms with E-state index in [0.29, 0.717) is 12.8 Å². The largest absolute Gasteiger partial charge is 0.462 e. The third-order valence-corrected chi connectivity index (χ3v) is 8.69. The molecule has 0 aromatic rings. The van der Waals surface area contributed by atoms with Crippen LogP contribution in [-0.4, -0.2) is 36.4 Å². The summed E-state index contributed by atoms with van der Waals surface area (Å²) in [5, 5.41) is 9.51. The highest BCUT2D eigenvalue weighted by atomic mass is 16.6. The van der Waals surface area contributed by atoms with E-state index in [1.165, 1.54) is 128 Å². The molecule has 42 heavy (non-hydrogen) atoms. The van der Waals surface area contributed by atoms with Gasteiger partial charge in [-0.1, -0.05) is 175 Å². The van der Waals surface area contributed by atoms with Crippen LogP contribution in [0.5, 0.6) is 0 Å². The van der Waals surface area contributed by atoms with Crippen molar-refractivity contribution in [3.8, 4) is 0 Å². The lowest BCUT2D eigenvalue weighted by Crippen LogP contribution is -2.28. The van der Waals surface area contributed by atoms with E-state index in [-0.39, 0.29) is 25.2 Å². The summed E-state index contributed by atoms with van der Waals surface area (Å²) >= 11 is 0. The van der Waals surface area contributed by atoms with E-state index in [9.17, 15) is 14.7 Å². The predicted octanol–water partition coefficient (Wildman–Crippen LogP) is 11.0. The lowest BCUT2D eigenvalue weighted by molar-refractivity contribution is -0.161. The maximum absolute atomic E-state index is 12.1. The second kappa shape index (κ2) is 32.8. The highest BCUT2D eigenvalue weighted by molar-refractivity contribution is 5.70. The SMILES string of the molecule is CCCCCCCCCCCCCCCCCCCCC(=O)O[C@@H](CO)COC(=O)CCCCCCCCC(C)CC. The Morgan fingerprint density at radius 3 is 1.33 bits per heavy atom. The van der Waals surface area contributed by atoms with Gasteiger partial charge in [0.05, 0.1) is 6.61 Å². The zero-order valence-electron chi connectivity index (χ0n) is 28.4. The van der Waals surface area contributed by atoms with Crippen molar-refractivity contribution in [2.75, 3.05) is 13.2 Å². The normalized spacial score (nSPS) is 12.8. The van der Waals surface area contributed by atoms with Gasteiger partial charge in [-0.25, -0.2) is 0 Å². The van der Waals surface area contributed by atoms with Gasteiger partial charge in [0, 0.05) is 12.8 Å². The van der Waals surface area contributed by atoms with Gasteiger partial charge in [-0.3, -0.25) is 9.59 Å². The maximum atomic E-state index is 12.1. The number of rotatable bonds is 33. The molecule has 0 saturated heterocycles. The van der Waals surface area contributed by atoms with Crippen molar-refractivity contribution >= 4 is 11.9 Å². The molecule has 0 rings (SSSR count). The van der Waals surface area contributed by atoms with Crippen LogP contribution in [-0.2, 0) is 19.1 Å². The van der Waals surface area contributed by atoms with E-state index >= 15 is 0 Å². The third-order valence-electron chi connectivity index (χ3n) is 8.69. The molecule has 0 bridgehead atoms. The molecule has 2 atom stereocenters. The first-order valence-electron chi connectivity index (χ1n) is 18.5. The zero-order chi connectivity index (χ0) is 30.9. The summed E-state index contributed by atoms with van der Waals surface area (Å²) in [6.07, 6.45) is 33.1. The number of aliphatic hydroxyl groups excluding tert-OH is 1. The predicted molar refractivity (Wildman–Crippen MR) is 178 cm³/mol. The number of carbonyl (C=O) groups excluding carboxylic acids is 2. The molecule has 0 heterocycles. The Hall–Kier alpha value is -1.10. The Balaban J connectivity index is 3.50. The van der Waals surface area contributed by atoms with Gasteiger partial charge in [0.2, 0.25) is 0 Å². The second-order valence-electron chi connectivity index (χ2n) is 12.9. The van der Waals surface area contributed by atoms with Crippen molar-refractivity contribution in [1.82, 2.24) is 0 Å². The zero-order valence-corrected chi connectivity index (χ0v) is 28.4. The van der Waals surface area contributed by atoms with E-state index in [1.54, 1.807) is 0 Å². The molecule has 0 aliphatic rings. The molecule has 0 amide bonds. The van der Waals surface area contributed by atoms with E-state index in [4.69, 9.17) is 9.47 Å². The quantitative estimate of drug-likeness (QED) is 0.0602. The van der Waals surface area contributed by atoms with Crippen LogP contribution < -0.4 is 0 Å². The first kappa shape index (κ1) is 40.9. The van der Waals surface area contributed by atoms with Crippen LogP contribution in [0.2, 0.25) is 0 Å². The second-order valence-corrected chi connectivity index (χ2v) is 12.9. The minimum absolute atomic E-state index is 0.0597. The van der Waals surface area contributed by atoms with E-state index in [2.05, 4.69) is 20.8 Å². The topological polar surface area (TPSA) is 72.8 Å². The smallest absolute Gasteiger partial charge is 0.306 e. The molecular formula is C37H72O5. The molecule has 0 aromatic heterocycles. The number of hydrogen-bond donors (Lipinski definition) is 1. The number of esters is 2. The minimum atomic E-state index is -0.762. The molecule has 0 aliphatic heterocycles. The summed E-state index contributed by atoms with van der Waals surface area (Å²) in [6, 6.07) is 0. The first-order chi connectivity index (χ1) is 20.5. The summed E-state index contributed by atoms with van der Waals surface area (Å²) in [5.41, 5.74) is 0. The van der Waals surface area contributed by atoms with Gasteiger partial charge < -0.3 is 14.6 Å². The number of unbranched alkanes of at least 4 members (excludes halogenated alkanes) is 22. The van der Waals surface area contributed by atoms with Crippen molar-refractivity contribution in [3.05, 3.63) is 0 Å². The van der Waals surface area contributed by atoms with Crippen LogP contribution >= 0.6 is 0 Å². The van der Waals surface area contributed by atoms with Crippen molar-refractivity contribution < 1.29 is 24.2 Å². The van der Waals surface area contributed by atoms with Gasteiger partial charge in [-0.15, -0.1) is 0 Å². The monoisotopic (exact) mass is 597 g/mol. The van der Waals surface area contributed by atoms with Crippen molar-refractivity contribution in [2.24, 2.45) is 5.92 Å². The van der Waals surface area contributed by atoms with Crippen LogP contribution in [0.15, 0.2) is 0 Å². The number of aliphatic hydroxyl groups is 1. The summed E-state index contributed by atoms with van der Waals surface area (Å²) in [4.78, 5) is 24.1. The van der Waals surface area contributed by atoms with Crippen LogP contribution in [0.1, 0.15) is 201 Å². The fourth-order valence-corrected chi connectivity index (χ4v) is 5.47. The fraction of sp³-hybridized carbons (Fsp3) is 0.946. The highest BCUT2D eigenvalue weighted by Gasteiger charge is 2.16. The van der Waals surface area contributed by atoms with Crippen LogP contribution in [0.25, 0.3) is 0 Å². The Kier molecular flexibility index (Phi) is 31.9. The lowest BCUT2D eigenvalue weighted by atomic mass is 10.00. The minimum Gasteiger partial charge on any atom is -0.462 e. The molecule has 250 valence electrons. The van der Waals surface area contributed by atoms with E-state index < -0.39 is 6.10 Å². The molecule has 0 saturated carbocycles. The Bertz CT molecular complexity index is 579. The summed E-state index contributed by atoms with van der Waals surface area (Å²) < 4.78 is 10.6. The number of carbonyl (C=O) groups is 2. The first-order valence-corrected chi connectivity index (χ1v) is 18.5. The van der Waals surface area contributed by atoms with Crippen LogP contribution in [0.4, 0.5) is 0 Å². The van der Waals surface area contributed by atoms with E-state index in [1.807, 2.05) is 0 Å². The summed E-state index contributed by atoms with van der Waals surface area (Å²) in [5.74, 6) is 0.245. The molecule has 0 spiro atoms. The average Bonchev–Trinajstić information content (AvgIpc) is 2.99. The number of hydrogen-bond acceptors (Lipinski definition) is 5. The molecule has 1 unspecified atom stereocenters. The van der Waals surface area contributed by atoms with Gasteiger partial charge in [-0.2, -0.15) is 0 Å². The molecule has 0 radical (unpaired) electrons. The molecule has 0 aromatic carbocycles. The molecular weight excluding hydrogens is 524 g/mol. The van der Waals surface area contributed by atoms with Gasteiger partial charge in [0.1, 0.15) is 6.61 Å². The van der Waals surface area contributed by atoms with Crippen LogP contribution in [0, 0.1) is 5.92 Å². The molecule has 0 fully saturated rings. The Labute approximate surface area is 261 Å². The Morgan fingerprint density at radius 1 is 0.548 bits per heavy atom. The average molecular weight is 597 g/mol. The van der Waals surface area contributed by atoms with Gasteiger partial charge >= 0.3 is 11.9 Å². The molecule has 5 nitrogen and oxygen atoms in total. The molecule has 0 aliphatic carbocycles. The fourth-order valence-electron chi connectivity index (χ4n) is 5.47. The highest BCUT2D eigenvalue weighted by Crippen LogP contribution is 2.16. The van der Waals surface area contributed by atoms with Gasteiger partial charge in [0.25, 0.3) is 0 Å². The third kappa shape index (κ3) is 30.4. The van der Waals surface area contributed by atoms with Gasteiger partial charge in [-0.05, 0) is 18.8 Å². The van der Waals surface area contributed by atoms with Crippen molar-refractivity contribution in [3.63, 3.8) is 0 Å². The summed E-state index contributed by atoms with van der Waals surface area (Å²) in [6.45, 7) is 6.46. The molecule has 1 N–H and O–H groups in total. The summed E-state index contributed by atoms with van der Waals surface area (Å²) in [7, 11) is 0. The molecule has 5 heteroatoms. The Morgan fingerprint density at radius 2 is 0.929 bits per heavy atom. The van der Waals surface area contributed by atoms with Crippen LogP contribution in [0.3, 0.4) is 0 Å². The lowest BCUT2D eigenvalue weighted by Gasteiger charge is -2.15. The standard InChI is InChI=1S/C37H72O5/c1-4-6-7-8-9-10-11-12-13-14-15-16-17-18-19-20-25-28-31-37(40)42-35(32-38)33-41-36(39)30-27-24-22-21-23-26-29-34(3)5-2/h34-35,38H,4-33H2,1-3H3/t34?,35-/m0/s1. The maximum Gasteiger partial charge on any atom is 0.306 e.